The van der Waals surface area contributed by atoms with Gasteiger partial charge in [0, 0.05) is 48.1 Å². The maximum atomic E-state index is 14.6. The zero-order valence-corrected chi connectivity index (χ0v) is 18.7. The summed E-state index contributed by atoms with van der Waals surface area (Å²) in [4.78, 5) is 32.8. The van der Waals surface area contributed by atoms with Gasteiger partial charge in [-0.2, -0.15) is 0 Å². The minimum Gasteiger partial charge on any atom is -0.381 e. The van der Waals surface area contributed by atoms with Gasteiger partial charge in [0.1, 0.15) is 5.65 Å². The van der Waals surface area contributed by atoms with Crippen LogP contribution in [0, 0.1) is 11.7 Å². The van der Waals surface area contributed by atoms with Crippen LogP contribution in [0.25, 0.3) is 22.4 Å². The molecule has 33 heavy (non-hydrogen) atoms. The van der Waals surface area contributed by atoms with Crippen molar-refractivity contribution in [3.8, 4) is 11.4 Å². The minimum absolute atomic E-state index is 0.0655. The van der Waals surface area contributed by atoms with Gasteiger partial charge < -0.3 is 15.0 Å². The lowest BCUT2D eigenvalue weighted by molar-refractivity contribution is -0.125. The van der Waals surface area contributed by atoms with Crippen LogP contribution >= 0.6 is 11.6 Å². The Morgan fingerprint density at radius 1 is 1.27 bits per heavy atom. The lowest BCUT2D eigenvalue weighted by Gasteiger charge is -2.25. The van der Waals surface area contributed by atoms with Crippen LogP contribution in [0.5, 0.6) is 0 Å². The Balaban J connectivity index is 1.33. The number of hydrogen-bond acceptors (Lipinski definition) is 6. The molecule has 3 aromatic heterocycles. The second-order valence-corrected chi connectivity index (χ2v) is 8.95. The Kier molecular flexibility index (Phi) is 6.32. The summed E-state index contributed by atoms with van der Waals surface area (Å²) in [6.07, 6.45) is 9.21. The number of nitrogens with one attached hydrogen (secondary N) is 2. The number of hydrogen-bond donors (Lipinski definition) is 2. The fourth-order valence-electron chi connectivity index (χ4n) is 4.40. The monoisotopic (exact) mass is 470 g/mol. The van der Waals surface area contributed by atoms with E-state index < -0.39 is 5.82 Å². The number of ether oxygens (including phenoxy) is 1. The summed E-state index contributed by atoms with van der Waals surface area (Å²) in [6, 6.07) is 1.71. The Morgan fingerprint density at radius 3 is 3.03 bits per heavy atom. The number of halogens is 2. The molecule has 1 saturated carbocycles. The van der Waals surface area contributed by atoms with E-state index in [0.717, 1.165) is 49.4 Å². The number of H-pyrrole nitrogens is 1. The third-order valence-corrected chi connectivity index (χ3v) is 6.31. The van der Waals surface area contributed by atoms with E-state index in [9.17, 15) is 9.18 Å². The largest absolute Gasteiger partial charge is 0.381 e. The number of fused-ring (bicyclic) bond motifs is 1. The highest BCUT2D eigenvalue weighted by atomic mass is 35.5. The number of amides is 1. The highest BCUT2D eigenvalue weighted by Crippen LogP contribution is 2.29. The van der Waals surface area contributed by atoms with Gasteiger partial charge in [0.2, 0.25) is 0 Å². The van der Waals surface area contributed by atoms with Crippen molar-refractivity contribution in [1.82, 2.24) is 19.9 Å². The van der Waals surface area contributed by atoms with Crippen molar-refractivity contribution < 1.29 is 13.9 Å². The zero-order chi connectivity index (χ0) is 22.8. The van der Waals surface area contributed by atoms with Gasteiger partial charge in [-0.1, -0.05) is 11.6 Å². The average Bonchev–Trinajstić information content (AvgIpc) is 3.24. The summed E-state index contributed by atoms with van der Waals surface area (Å²) in [5.74, 6) is -0.295. The van der Waals surface area contributed by atoms with E-state index >= 15 is 0 Å². The van der Waals surface area contributed by atoms with Crippen molar-refractivity contribution in [3.05, 3.63) is 35.5 Å². The van der Waals surface area contributed by atoms with Gasteiger partial charge in [-0.25, -0.2) is 24.3 Å². The first-order valence-corrected chi connectivity index (χ1v) is 11.5. The molecule has 10 heteroatoms. The standard InChI is InChI=1S/C23H24ClFN6O2/c24-14-7-17-18(10-27-20(17)26-9-14)21-28-11-19(25)22(31-21)29-15-4-1-5-16(8-15)30-23(32)13-3-2-6-33-12-13/h7,9-11,13,15H,1-6,8,12H2,(H,26,27)(H,28,29,31)/t13?,15-/m1/s1. The number of carbonyl (C=O) groups excluding carboxylic acids is 1. The molecule has 2 atom stereocenters. The van der Waals surface area contributed by atoms with Crippen LogP contribution in [0.2, 0.25) is 5.02 Å². The van der Waals surface area contributed by atoms with E-state index in [2.05, 4.69) is 30.2 Å². The first-order chi connectivity index (χ1) is 16.1. The number of aromatic amines is 1. The Bertz CT molecular complexity index is 1210. The number of rotatable bonds is 4. The molecule has 1 amide bonds. The lowest BCUT2D eigenvalue weighted by atomic mass is 9.93. The number of aliphatic imine (C=N–C) groups is 1. The predicted octanol–water partition coefficient (Wildman–Crippen LogP) is 4.56. The molecule has 2 fully saturated rings. The van der Waals surface area contributed by atoms with Gasteiger partial charge in [0.25, 0.3) is 5.91 Å². The van der Waals surface area contributed by atoms with Crippen molar-refractivity contribution in [1.29, 1.82) is 0 Å². The number of aromatic nitrogens is 4. The molecule has 3 aromatic rings. The summed E-state index contributed by atoms with van der Waals surface area (Å²) < 4.78 is 20.0. The molecule has 8 nitrogen and oxygen atoms in total. The van der Waals surface area contributed by atoms with Crippen LogP contribution in [0.15, 0.2) is 29.6 Å². The summed E-state index contributed by atoms with van der Waals surface area (Å²) in [6.45, 7) is 1.15. The molecule has 2 aliphatic rings. The van der Waals surface area contributed by atoms with Crippen LogP contribution < -0.4 is 5.32 Å². The summed E-state index contributed by atoms with van der Waals surface area (Å²) in [7, 11) is 0. The summed E-state index contributed by atoms with van der Waals surface area (Å²) >= 11 is 6.09. The zero-order valence-electron chi connectivity index (χ0n) is 18.0. The highest BCUT2D eigenvalue weighted by molar-refractivity contribution is 6.31. The maximum Gasteiger partial charge on any atom is 0.251 e. The fraction of sp³-hybridized carbons (Fsp3) is 0.435. The smallest absolute Gasteiger partial charge is 0.251 e. The van der Waals surface area contributed by atoms with Gasteiger partial charge in [0.15, 0.2) is 17.5 Å². The Morgan fingerprint density at radius 2 is 2.18 bits per heavy atom. The van der Waals surface area contributed by atoms with Crippen molar-refractivity contribution in [2.75, 3.05) is 18.5 Å². The van der Waals surface area contributed by atoms with Crippen molar-refractivity contribution in [2.24, 2.45) is 10.9 Å². The summed E-state index contributed by atoms with van der Waals surface area (Å²) in [5.41, 5.74) is 2.19. The minimum atomic E-state index is -0.533. The first kappa shape index (κ1) is 21.9. The van der Waals surface area contributed by atoms with Gasteiger partial charge in [0.05, 0.1) is 23.7 Å². The Hall–Kier alpha value is -2.91. The predicted molar refractivity (Wildman–Crippen MR) is 124 cm³/mol. The lowest BCUT2D eigenvalue weighted by Crippen LogP contribution is -2.30. The van der Waals surface area contributed by atoms with Crippen molar-refractivity contribution >= 4 is 40.1 Å². The molecule has 4 heterocycles. The first-order valence-electron chi connectivity index (χ1n) is 11.2. The molecular formula is C23H24ClFN6O2. The number of carbonyl (C=O) groups is 1. The van der Waals surface area contributed by atoms with Gasteiger partial charge in [-0.3, -0.25) is 4.79 Å². The molecular weight excluding hydrogens is 447 g/mol. The molecule has 172 valence electrons. The fourth-order valence-corrected chi connectivity index (χ4v) is 4.56. The number of nitrogens with zero attached hydrogens (tertiary/aromatic N) is 4. The topological polar surface area (TPSA) is 105 Å². The Labute approximate surface area is 195 Å². The molecule has 0 aromatic carbocycles. The van der Waals surface area contributed by atoms with Crippen LogP contribution in [-0.4, -0.2) is 50.8 Å². The molecule has 1 aliphatic heterocycles. The van der Waals surface area contributed by atoms with Crippen LogP contribution in [-0.2, 0) is 9.53 Å². The van der Waals surface area contributed by atoms with Gasteiger partial charge >= 0.3 is 0 Å². The number of pyridine rings is 1. The SMILES string of the molecule is O=C(N=C1CCC[C@@H](Nc2nc(-c3c[nH]c4ncc(Cl)cc34)ncc2F)C1)C1CCCOC1. The van der Waals surface area contributed by atoms with Crippen molar-refractivity contribution in [3.63, 3.8) is 0 Å². The van der Waals surface area contributed by atoms with Gasteiger partial charge in [-0.05, 0) is 38.2 Å². The van der Waals surface area contributed by atoms with E-state index in [4.69, 9.17) is 16.3 Å². The molecule has 1 aliphatic carbocycles. The van der Waals surface area contributed by atoms with Crippen LogP contribution in [0.3, 0.4) is 0 Å². The molecule has 0 radical (unpaired) electrons. The van der Waals surface area contributed by atoms with Crippen molar-refractivity contribution in [2.45, 2.75) is 44.6 Å². The second kappa shape index (κ2) is 9.52. The molecule has 2 N–H and O–H groups in total. The van der Waals surface area contributed by atoms with E-state index in [-0.39, 0.29) is 23.7 Å². The highest BCUT2D eigenvalue weighted by Gasteiger charge is 2.25. The van der Waals surface area contributed by atoms with Gasteiger partial charge in [-0.15, -0.1) is 0 Å². The second-order valence-electron chi connectivity index (χ2n) is 8.51. The normalized spacial score (nSPS) is 22.5. The van der Waals surface area contributed by atoms with Crippen LogP contribution in [0.1, 0.15) is 38.5 Å². The van der Waals surface area contributed by atoms with Crippen LogP contribution in [0.4, 0.5) is 10.2 Å². The van der Waals surface area contributed by atoms with E-state index in [0.29, 0.717) is 41.7 Å². The van der Waals surface area contributed by atoms with E-state index in [1.54, 1.807) is 18.5 Å². The quantitative estimate of drug-likeness (QED) is 0.579. The van der Waals surface area contributed by atoms with E-state index in [1.807, 2.05) is 0 Å². The molecule has 0 spiro atoms. The average molecular weight is 471 g/mol. The van der Waals surface area contributed by atoms with E-state index in [1.165, 1.54) is 0 Å². The maximum absolute atomic E-state index is 14.6. The molecule has 0 bridgehead atoms. The molecule has 1 saturated heterocycles. The molecule has 5 rings (SSSR count). The molecule has 1 unspecified atom stereocenters. The third-order valence-electron chi connectivity index (χ3n) is 6.10. The number of anilines is 1. The summed E-state index contributed by atoms with van der Waals surface area (Å²) in [5, 5.41) is 4.45. The third kappa shape index (κ3) is 4.89.